The van der Waals surface area contributed by atoms with Crippen molar-refractivity contribution < 1.29 is 14.6 Å². The van der Waals surface area contributed by atoms with Crippen LogP contribution in [0.1, 0.15) is 78.6 Å². The zero-order chi connectivity index (χ0) is 17.8. The van der Waals surface area contributed by atoms with Gasteiger partial charge < -0.3 is 9.84 Å². The van der Waals surface area contributed by atoms with Crippen molar-refractivity contribution in [2.45, 2.75) is 91.0 Å². The Hall–Kier alpha value is -0.670. The Labute approximate surface area is 152 Å². The monoisotopic (exact) mass is 346 g/mol. The van der Waals surface area contributed by atoms with Crippen LogP contribution in [-0.2, 0) is 9.53 Å². The zero-order valence-corrected chi connectivity index (χ0v) is 16.1. The number of ether oxygens (including phenoxy) is 1. The smallest absolute Gasteiger partial charge is 0.155 e. The summed E-state index contributed by atoms with van der Waals surface area (Å²) in [4.78, 5) is 11.9. The second kappa shape index (κ2) is 6.20. The van der Waals surface area contributed by atoms with Crippen molar-refractivity contribution in [3.05, 3.63) is 11.6 Å². The molecule has 25 heavy (non-hydrogen) atoms. The highest BCUT2D eigenvalue weighted by molar-refractivity contribution is 5.91. The van der Waals surface area contributed by atoms with Crippen molar-refractivity contribution in [1.82, 2.24) is 0 Å². The number of rotatable bonds is 3. The van der Waals surface area contributed by atoms with E-state index in [0.717, 1.165) is 43.4 Å². The van der Waals surface area contributed by atoms with E-state index in [1.54, 1.807) is 0 Å². The summed E-state index contributed by atoms with van der Waals surface area (Å²) in [5, 5.41) is 10.0. The normalized spacial score (nSPS) is 47.5. The van der Waals surface area contributed by atoms with Crippen LogP contribution in [0, 0.1) is 28.6 Å². The molecule has 3 nitrogen and oxygen atoms in total. The summed E-state index contributed by atoms with van der Waals surface area (Å²) in [7, 11) is 0. The lowest BCUT2D eigenvalue weighted by Gasteiger charge is -2.58. The van der Waals surface area contributed by atoms with E-state index in [1.807, 2.05) is 13.0 Å². The molecule has 0 saturated heterocycles. The van der Waals surface area contributed by atoms with Gasteiger partial charge in [0.05, 0.1) is 6.10 Å². The summed E-state index contributed by atoms with van der Waals surface area (Å²) in [6.07, 6.45) is 11.2. The van der Waals surface area contributed by atoms with Gasteiger partial charge in [0, 0.05) is 6.42 Å². The van der Waals surface area contributed by atoms with E-state index in [0.29, 0.717) is 12.2 Å². The van der Waals surface area contributed by atoms with E-state index >= 15 is 0 Å². The molecule has 4 aliphatic carbocycles. The van der Waals surface area contributed by atoms with Gasteiger partial charge in [0.1, 0.15) is 0 Å². The van der Waals surface area contributed by atoms with Crippen molar-refractivity contribution in [2.75, 3.05) is 0 Å². The van der Waals surface area contributed by atoms with Crippen molar-refractivity contribution >= 4 is 5.78 Å². The van der Waals surface area contributed by atoms with Crippen LogP contribution in [0.5, 0.6) is 0 Å². The van der Waals surface area contributed by atoms with E-state index in [-0.39, 0.29) is 16.9 Å². The maximum atomic E-state index is 11.9. The molecule has 0 radical (unpaired) electrons. The summed E-state index contributed by atoms with van der Waals surface area (Å²) in [6, 6.07) is 0. The van der Waals surface area contributed by atoms with Crippen LogP contribution in [0.15, 0.2) is 11.6 Å². The van der Waals surface area contributed by atoms with Crippen LogP contribution in [-0.4, -0.2) is 23.3 Å². The predicted molar refractivity (Wildman–Crippen MR) is 97.9 cm³/mol. The molecule has 3 heteroatoms. The molecule has 0 bridgehead atoms. The Morgan fingerprint density at radius 2 is 1.96 bits per heavy atom. The Morgan fingerprint density at radius 3 is 2.72 bits per heavy atom. The third-order valence-corrected chi connectivity index (χ3v) is 8.55. The molecule has 7 atom stereocenters. The van der Waals surface area contributed by atoms with Gasteiger partial charge in [-0.1, -0.05) is 26.3 Å². The minimum Gasteiger partial charge on any atom is -0.368 e. The SMILES string of the molecule is CCC(O)OC1CCC2C3CCC4=CC(=O)CCC4(C)C3CCC12C. The fourth-order valence-corrected chi connectivity index (χ4v) is 7.02. The molecule has 0 aliphatic heterocycles. The molecule has 0 aromatic heterocycles. The standard InChI is InChI=1S/C22H34O3/c1-4-20(24)25-19-8-7-17-16-6-5-14-13-15(23)9-11-21(14,2)18(16)10-12-22(17,19)3/h13,16-20,24H,4-12H2,1-3H3. The van der Waals surface area contributed by atoms with E-state index in [9.17, 15) is 9.90 Å². The maximum Gasteiger partial charge on any atom is 0.155 e. The van der Waals surface area contributed by atoms with Crippen LogP contribution >= 0.6 is 0 Å². The molecule has 7 unspecified atom stereocenters. The van der Waals surface area contributed by atoms with Crippen molar-refractivity contribution in [1.29, 1.82) is 0 Å². The number of carbonyl (C=O) groups excluding carboxylic acids is 1. The molecule has 0 aromatic carbocycles. The molecule has 1 N–H and O–H groups in total. The largest absolute Gasteiger partial charge is 0.368 e. The third-order valence-electron chi connectivity index (χ3n) is 8.55. The molecule has 0 amide bonds. The Balaban J connectivity index is 1.58. The first-order chi connectivity index (χ1) is 11.9. The average molecular weight is 347 g/mol. The lowest BCUT2D eigenvalue weighted by molar-refractivity contribution is -0.180. The van der Waals surface area contributed by atoms with Crippen LogP contribution in [0.2, 0.25) is 0 Å². The van der Waals surface area contributed by atoms with Gasteiger partial charge in [-0.05, 0) is 86.0 Å². The highest BCUT2D eigenvalue weighted by Crippen LogP contribution is 2.65. The summed E-state index contributed by atoms with van der Waals surface area (Å²) < 4.78 is 6.06. The molecule has 0 spiro atoms. The van der Waals surface area contributed by atoms with E-state index in [4.69, 9.17) is 4.74 Å². The first-order valence-electron chi connectivity index (χ1n) is 10.5. The van der Waals surface area contributed by atoms with Crippen LogP contribution < -0.4 is 0 Å². The van der Waals surface area contributed by atoms with Crippen LogP contribution in [0.25, 0.3) is 0 Å². The number of aliphatic hydroxyl groups is 1. The van der Waals surface area contributed by atoms with Gasteiger partial charge >= 0.3 is 0 Å². The predicted octanol–water partition coefficient (Wildman–Crippen LogP) is 4.63. The lowest BCUT2D eigenvalue weighted by Crippen LogP contribution is -2.51. The zero-order valence-electron chi connectivity index (χ0n) is 16.1. The van der Waals surface area contributed by atoms with Gasteiger partial charge in [0.2, 0.25) is 0 Å². The van der Waals surface area contributed by atoms with Gasteiger partial charge in [-0.25, -0.2) is 0 Å². The fourth-order valence-electron chi connectivity index (χ4n) is 7.02. The number of aliphatic hydroxyl groups excluding tert-OH is 1. The summed E-state index contributed by atoms with van der Waals surface area (Å²) in [5.41, 5.74) is 1.92. The van der Waals surface area contributed by atoms with Gasteiger partial charge in [0.15, 0.2) is 12.1 Å². The topological polar surface area (TPSA) is 46.5 Å². The number of hydrogen-bond donors (Lipinski definition) is 1. The maximum absolute atomic E-state index is 11.9. The van der Waals surface area contributed by atoms with Gasteiger partial charge in [-0.3, -0.25) is 4.79 Å². The number of fused-ring (bicyclic) bond motifs is 5. The number of allylic oxidation sites excluding steroid dienone is 1. The van der Waals surface area contributed by atoms with Gasteiger partial charge in [0.25, 0.3) is 0 Å². The Kier molecular flexibility index (Phi) is 4.39. The van der Waals surface area contributed by atoms with Crippen LogP contribution in [0.4, 0.5) is 0 Å². The molecular formula is C22H34O3. The minimum absolute atomic E-state index is 0.214. The number of carbonyl (C=O) groups is 1. The molecule has 140 valence electrons. The highest BCUT2D eigenvalue weighted by atomic mass is 16.6. The van der Waals surface area contributed by atoms with Crippen molar-refractivity contribution in [2.24, 2.45) is 28.6 Å². The first kappa shape index (κ1) is 17.7. The lowest BCUT2D eigenvalue weighted by atomic mass is 9.47. The van der Waals surface area contributed by atoms with E-state index < -0.39 is 6.29 Å². The molecular weight excluding hydrogens is 312 g/mol. The molecule has 0 heterocycles. The second-order valence-corrected chi connectivity index (χ2v) is 9.58. The van der Waals surface area contributed by atoms with Gasteiger partial charge in [-0.2, -0.15) is 0 Å². The van der Waals surface area contributed by atoms with E-state index in [1.165, 1.54) is 31.3 Å². The summed E-state index contributed by atoms with van der Waals surface area (Å²) in [5.74, 6) is 2.56. The molecule has 0 aromatic rings. The minimum atomic E-state index is -0.610. The molecule has 3 fully saturated rings. The highest BCUT2D eigenvalue weighted by Gasteiger charge is 2.59. The Bertz CT molecular complexity index is 582. The summed E-state index contributed by atoms with van der Waals surface area (Å²) in [6.45, 7) is 6.84. The molecule has 4 rings (SSSR count). The van der Waals surface area contributed by atoms with Crippen molar-refractivity contribution in [3.8, 4) is 0 Å². The van der Waals surface area contributed by atoms with Crippen LogP contribution in [0.3, 0.4) is 0 Å². The Morgan fingerprint density at radius 1 is 1.16 bits per heavy atom. The summed E-state index contributed by atoms with van der Waals surface area (Å²) >= 11 is 0. The van der Waals surface area contributed by atoms with E-state index in [2.05, 4.69) is 13.8 Å². The molecule has 3 saturated carbocycles. The number of ketones is 1. The van der Waals surface area contributed by atoms with Crippen molar-refractivity contribution in [3.63, 3.8) is 0 Å². The van der Waals surface area contributed by atoms with Gasteiger partial charge in [-0.15, -0.1) is 0 Å². The third kappa shape index (κ3) is 2.65. The average Bonchev–Trinajstić information content (AvgIpc) is 2.92. The molecule has 4 aliphatic rings. The second-order valence-electron chi connectivity index (χ2n) is 9.58. The quantitative estimate of drug-likeness (QED) is 0.758. The first-order valence-corrected chi connectivity index (χ1v) is 10.5. The number of hydrogen-bond acceptors (Lipinski definition) is 3. The fraction of sp³-hybridized carbons (Fsp3) is 0.864.